The lowest BCUT2D eigenvalue weighted by molar-refractivity contribution is -0.132. The summed E-state index contributed by atoms with van der Waals surface area (Å²) in [5, 5.41) is 13.1. The van der Waals surface area contributed by atoms with Crippen LogP contribution >= 0.6 is 0 Å². The number of benzene rings is 2. The molecule has 0 aliphatic carbocycles. The highest BCUT2D eigenvalue weighted by Gasteiger charge is 2.49. The first-order valence-corrected chi connectivity index (χ1v) is 10.3. The van der Waals surface area contributed by atoms with Crippen molar-refractivity contribution < 1.29 is 24.2 Å². The molecule has 1 aliphatic rings. The number of hydrogen-bond donors (Lipinski definition) is 2. The Labute approximate surface area is 182 Å². The Morgan fingerprint density at radius 2 is 1.71 bits per heavy atom. The molecule has 164 valence electrons. The van der Waals surface area contributed by atoms with Gasteiger partial charge in [-0.15, -0.1) is 0 Å². The number of rotatable bonds is 8. The van der Waals surface area contributed by atoms with E-state index in [1.807, 2.05) is 24.3 Å². The number of aliphatic hydroxyl groups excluding tert-OH is 1. The van der Waals surface area contributed by atoms with E-state index in [0.29, 0.717) is 22.8 Å². The first-order valence-electron chi connectivity index (χ1n) is 10.3. The number of ketones is 1. The van der Waals surface area contributed by atoms with E-state index in [9.17, 15) is 19.5 Å². The van der Waals surface area contributed by atoms with E-state index >= 15 is 0 Å². The summed E-state index contributed by atoms with van der Waals surface area (Å²) in [7, 11) is 0. The molecule has 2 atom stereocenters. The second kappa shape index (κ2) is 8.89. The van der Waals surface area contributed by atoms with E-state index in [0.717, 1.165) is 10.5 Å². The van der Waals surface area contributed by atoms with Crippen LogP contribution in [0.5, 0.6) is 5.75 Å². The summed E-state index contributed by atoms with van der Waals surface area (Å²) in [4.78, 5) is 37.8. The Hall–Kier alpha value is -3.19. The summed E-state index contributed by atoms with van der Waals surface area (Å²) < 4.78 is 5.52. The third-order valence-electron chi connectivity index (χ3n) is 5.53. The molecular formula is C24H28N2O5. The van der Waals surface area contributed by atoms with E-state index in [4.69, 9.17) is 4.74 Å². The number of β-amino-alcohol motifs (C(OH)–C–C–N with tert-alkyl or cyclic N) is 1. The highest BCUT2D eigenvalue weighted by atomic mass is 16.5. The minimum atomic E-state index is -1.18. The molecule has 3 rings (SSSR count). The second-order valence-corrected chi connectivity index (χ2v) is 8.29. The van der Waals surface area contributed by atoms with Gasteiger partial charge >= 0.3 is 6.03 Å². The number of Topliss-reactive ketones (excluding diaryl/α,β-unsaturated/α-hetero) is 1. The Balaban J connectivity index is 1.63. The average Bonchev–Trinajstić information content (AvgIpc) is 2.96. The van der Waals surface area contributed by atoms with Crippen LogP contribution in [0.4, 0.5) is 4.79 Å². The molecule has 7 nitrogen and oxygen atoms in total. The fourth-order valence-electron chi connectivity index (χ4n) is 3.50. The highest BCUT2D eigenvalue weighted by molar-refractivity contribution is 6.07. The molecule has 1 saturated heterocycles. The molecule has 2 aromatic rings. The van der Waals surface area contributed by atoms with Crippen molar-refractivity contribution in [1.29, 1.82) is 0 Å². The molecular weight excluding hydrogens is 396 g/mol. The number of amides is 3. The molecule has 31 heavy (non-hydrogen) atoms. The summed E-state index contributed by atoms with van der Waals surface area (Å²) in [6, 6.07) is 13.6. The zero-order valence-electron chi connectivity index (χ0n) is 18.2. The molecule has 0 radical (unpaired) electrons. The predicted octanol–water partition coefficient (Wildman–Crippen LogP) is 3.22. The zero-order valence-corrected chi connectivity index (χ0v) is 18.2. The Kier molecular flexibility index (Phi) is 6.45. The van der Waals surface area contributed by atoms with E-state index < -0.39 is 23.6 Å². The first kappa shape index (κ1) is 22.5. The molecule has 2 N–H and O–H groups in total. The van der Waals surface area contributed by atoms with Crippen molar-refractivity contribution in [3.63, 3.8) is 0 Å². The van der Waals surface area contributed by atoms with Crippen LogP contribution in [0.15, 0.2) is 48.5 Å². The van der Waals surface area contributed by atoms with Gasteiger partial charge in [0.05, 0.1) is 6.54 Å². The molecule has 1 heterocycles. The maximum absolute atomic E-state index is 13.0. The molecule has 0 bridgehead atoms. The summed E-state index contributed by atoms with van der Waals surface area (Å²) in [6.45, 7) is 7.03. The lowest BCUT2D eigenvalue weighted by atomic mass is 9.90. The standard InChI is InChI=1S/C24H28N2O5/c1-15(2)17-5-9-19(10-6-17)24(4)22(29)26(23(30)25-24)13-20(28)14-31-21-11-7-18(8-12-21)16(3)27/h5-12,15,20,28H,13-14H2,1-4H3,(H,25,30)/t20-,24-/m0/s1. The molecule has 0 spiro atoms. The lowest BCUT2D eigenvalue weighted by Crippen LogP contribution is -2.42. The zero-order chi connectivity index (χ0) is 22.8. The van der Waals surface area contributed by atoms with Gasteiger partial charge in [0.1, 0.15) is 24.0 Å². The van der Waals surface area contributed by atoms with Crippen molar-refractivity contribution >= 4 is 17.7 Å². The van der Waals surface area contributed by atoms with Crippen LogP contribution < -0.4 is 10.1 Å². The van der Waals surface area contributed by atoms with Crippen LogP contribution in [0.2, 0.25) is 0 Å². The second-order valence-electron chi connectivity index (χ2n) is 8.29. The van der Waals surface area contributed by atoms with Crippen LogP contribution in [0, 0.1) is 0 Å². The Morgan fingerprint density at radius 3 is 2.26 bits per heavy atom. The number of imide groups is 1. The van der Waals surface area contributed by atoms with Gasteiger partial charge in [0.15, 0.2) is 5.78 Å². The van der Waals surface area contributed by atoms with Crippen LogP contribution in [0.1, 0.15) is 55.1 Å². The molecule has 0 unspecified atom stereocenters. The average molecular weight is 424 g/mol. The monoisotopic (exact) mass is 424 g/mol. The largest absolute Gasteiger partial charge is 0.491 e. The number of aliphatic hydroxyl groups is 1. The van der Waals surface area contributed by atoms with Gasteiger partial charge in [-0.2, -0.15) is 0 Å². The fraction of sp³-hybridized carbons (Fsp3) is 0.375. The van der Waals surface area contributed by atoms with Gasteiger partial charge in [0, 0.05) is 5.56 Å². The van der Waals surface area contributed by atoms with Crippen LogP contribution in [-0.4, -0.2) is 47.0 Å². The van der Waals surface area contributed by atoms with Crippen molar-refractivity contribution in [2.45, 2.75) is 45.3 Å². The number of nitrogens with one attached hydrogen (secondary N) is 1. The minimum absolute atomic E-state index is 0.0490. The quantitative estimate of drug-likeness (QED) is 0.501. The van der Waals surface area contributed by atoms with Crippen LogP contribution in [0.3, 0.4) is 0 Å². The van der Waals surface area contributed by atoms with E-state index in [-0.39, 0.29) is 18.9 Å². The maximum Gasteiger partial charge on any atom is 0.325 e. The molecule has 3 amide bonds. The predicted molar refractivity (Wildman–Crippen MR) is 116 cm³/mol. The summed E-state index contributed by atoms with van der Waals surface area (Å²) in [6.07, 6.45) is -1.06. The number of carbonyl (C=O) groups excluding carboxylic acids is 3. The number of hydrogen-bond acceptors (Lipinski definition) is 5. The molecule has 1 fully saturated rings. The van der Waals surface area contributed by atoms with Crippen molar-refractivity contribution in [3.8, 4) is 5.75 Å². The highest BCUT2D eigenvalue weighted by Crippen LogP contribution is 2.30. The van der Waals surface area contributed by atoms with Gasteiger partial charge < -0.3 is 15.2 Å². The van der Waals surface area contributed by atoms with E-state index in [1.54, 1.807) is 31.2 Å². The third kappa shape index (κ3) is 4.77. The minimum Gasteiger partial charge on any atom is -0.491 e. The molecule has 7 heteroatoms. The Bertz CT molecular complexity index is 968. The van der Waals surface area contributed by atoms with Crippen molar-refractivity contribution in [3.05, 3.63) is 65.2 Å². The summed E-state index contributed by atoms with van der Waals surface area (Å²) in [5.74, 6) is 0.379. The molecule has 2 aromatic carbocycles. The van der Waals surface area contributed by atoms with Crippen molar-refractivity contribution in [1.82, 2.24) is 10.2 Å². The summed E-state index contributed by atoms with van der Waals surface area (Å²) >= 11 is 0. The van der Waals surface area contributed by atoms with E-state index in [1.165, 1.54) is 6.92 Å². The number of ether oxygens (including phenoxy) is 1. The number of carbonyl (C=O) groups is 3. The van der Waals surface area contributed by atoms with Crippen molar-refractivity contribution in [2.75, 3.05) is 13.2 Å². The van der Waals surface area contributed by atoms with Crippen LogP contribution in [0.25, 0.3) is 0 Å². The van der Waals surface area contributed by atoms with Gasteiger partial charge in [0.2, 0.25) is 0 Å². The van der Waals surface area contributed by atoms with Crippen molar-refractivity contribution in [2.24, 2.45) is 0 Å². The maximum atomic E-state index is 13.0. The SMILES string of the molecule is CC(=O)c1ccc(OC[C@@H](O)CN2C(=O)N[C@@](C)(c3ccc(C(C)C)cc3)C2=O)cc1. The van der Waals surface area contributed by atoms with E-state index in [2.05, 4.69) is 19.2 Å². The number of urea groups is 1. The topological polar surface area (TPSA) is 95.9 Å². The van der Waals surface area contributed by atoms with Gasteiger partial charge in [-0.1, -0.05) is 38.1 Å². The molecule has 1 aliphatic heterocycles. The smallest absolute Gasteiger partial charge is 0.325 e. The first-order chi connectivity index (χ1) is 14.6. The normalized spacial score (nSPS) is 19.5. The summed E-state index contributed by atoms with van der Waals surface area (Å²) in [5.41, 5.74) is 1.21. The fourth-order valence-corrected chi connectivity index (χ4v) is 3.50. The van der Waals surface area contributed by atoms with Crippen LogP contribution in [-0.2, 0) is 10.3 Å². The van der Waals surface area contributed by atoms with Gasteiger partial charge in [-0.05, 0) is 55.2 Å². The number of nitrogens with zero attached hydrogens (tertiary/aromatic N) is 1. The molecule has 0 saturated carbocycles. The molecule has 0 aromatic heterocycles. The Morgan fingerprint density at radius 1 is 1.10 bits per heavy atom. The van der Waals surface area contributed by atoms with Gasteiger partial charge in [-0.25, -0.2) is 4.79 Å². The third-order valence-corrected chi connectivity index (χ3v) is 5.53. The van der Waals surface area contributed by atoms with Gasteiger partial charge in [0.25, 0.3) is 5.91 Å². The lowest BCUT2D eigenvalue weighted by Gasteiger charge is -2.23. The van der Waals surface area contributed by atoms with Gasteiger partial charge in [-0.3, -0.25) is 14.5 Å².